The molecule has 0 spiro atoms. The van der Waals surface area contributed by atoms with Crippen LogP contribution in [0.25, 0.3) is 0 Å². The number of carbonyl (C=O) groups excluding carboxylic acids is 2. The lowest BCUT2D eigenvalue weighted by Gasteiger charge is -2.11. The second kappa shape index (κ2) is 9.73. The van der Waals surface area contributed by atoms with Crippen molar-refractivity contribution in [1.29, 1.82) is 0 Å². The van der Waals surface area contributed by atoms with Crippen LogP contribution in [0.2, 0.25) is 5.02 Å². The van der Waals surface area contributed by atoms with E-state index >= 15 is 0 Å². The first-order valence-electron chi connectivity index (χ1n) is 8.63. The van der Waals surface area contributed by atoms with Crippen LogP contribution in [0.15, 0.2) is 41.3 Å². The number of hydrazine groups is 1. The SMILES string of the molecule is COc1ccc(Cl)cc1C(=O)NNC(=O)CCNS(=O)(=O)c1ccc(C)c(C)c1. The monoisotopic (exact) mass is 439 g/mol. The molecule has 0 radical (unpaired) electrons. The van der Waals surface area contributed by atoms with Crippen molar-refractivity contribution in [3.05, 3.63) is 58.1 Å². The van der Waals surface area contributed by atoms with E-state index in [1.165, 1.54) is 25.3 Å². The van der Waals surface area contributed by atoms with Crippen LogP contribution in [0, 0.1) is 13.8 Å². The summed E-state index contributed by atoms with van der Waals surface area (Å²) in [4.78, 5) is 24.2. The van der Waals surface area contributed by atoms with E-state index in [2.05, 4.69) is 15.6 Å². The van der Waals surface area contributed by atoms with E-state index in [9.17, 15) is 18.0 Å². The van der Waals surface area contributed by atoms with E-state index in [1.54, 1.807) is 18.2 Å². The molecule has 2 aromatic rings. The molecule has 0 fully saturated rings. The van der Waals surface area contributed by atoms with Crippen LogP contribution in [0.5, 0.6) is 5.75 Å². The van der Waals surface area contributed by atoms with Crippen molar-refractivity contribution in [3.63, 3.8) is 0 Å². The highest BCUT2D eigenvalue weighted by Gasteiger charge is 2.16. The maximum atomic E-state index is 12.3. The van der Waals surface area contributed by atoms with Crippen molar-refractivity contribution in [2.75, 3.05) is 13.7 Å². The summed E-state index contributed by atoms with van der Waals surface area (Å²) in [7, 11) is -2.33. The molecular weight excluding hydrogens is 418 g/mol. The Morgan fingerprint density at radius 2 is 1.76 bits per heavy atom. The van der Waals surface area contributed by atoms with Gasteiger partial charge in [0.1, 0.15) is 5.75 Å². The highest BCUT2D eigenvalue weighted by Crippen LogP contribution is 2.22. The fourth-order valence-corrected chi connectivity index (χ4v) is 3.67. The van der Waals surface area contributed by atoms with Crippen LogP contribution in [0.4, 0.5) is 0 Å². The van der Waals surface area contributed by atoms with Gasteiger partial charge in [0, 0.05) is 18.0 Å². The molecule has 0 aromatic heterocycles. The average Bonchev–Trinajstić information content (AvgIpc) is 2.67. The standard InChI is InChI=1S/C19H22ClN3O5S/c1-12-4-6-15(10-13(12)2)29(26,27)21-9-8-18(24)22-23-19(25)16-11-14(20)5-7-17(16)28-3/h4-7,10-11,21H,8-9H2,1-3H3,(H,22,24)(H,23,25). The molecule has 0 heterocycles. The molecule has 0 bridgehead atoms. The van der Waals surface area contributed by atoms with Gasteiger partial charge in [-0.05, 0) is 55.3 Å². The predicted molar refractivity (Wildman–Crippen MR) is 109 cm³/mol. The van der Waals surface area contributed by atoms with Crippen molar-refractivity contribution in [1.82, 2.24) is 15.6 Å². The Bertz CT molecular complexity index is 1020. The van der Waals surface area contributed by atoms with Crippen LogP contribution < -0.4 is 20.3 Å². The number of hydrogen-bond acceptors (Lipinski definition) is 5. The van der Waals surface area contributed by atoms with E-state index in [0.29, 0.717) is 10.8 Å². The third kappa shape index (κ3) is 6.18. The van der Waals surface area contributed by atoms with E-state index in [4.69, 9.17) is 16.3 Å². The zero-order chi connectivity index (χ0) is 21.6. The van der Waals surface area contributed by atoms with Gasteiger partial charge in [-0.2, -0.15) is 0 Å². The van der Waals surface area contributed by atoms with Crippen LogP contribution in [-0.2, 0) is 14.8 Å². The number of hydrogen-bond donors (Lipinski definition) is 3. The summed E-state index contributed by atoms with van der Waals surface area (Å²) in [6, 6.07) is 9.29. The molecule has 0 aliphatic heterocycles. The van der Waals surface area contributed by atoms with Crippen LogP contribution in [-0.4, -0.2) is 33.9 Å². The fraction of sp³-hybridized carbons (Fsp3) is 0.263. The third-order valence-corrected chi connectivity index (χ3v) is 5.85. The summed E-state index contributed by atoms with van der Waals surface area (Å²) >= 11 is 5.87. The molecule has 2 aromatic carbocycles. The van der Waals surface area contributed by atoms with Gasteiger partial charge < -0.3 is 4.74 Å². The fourth-order valence-electron chi connectivity index (χ4n) is 2.38. The highest BCUT2D eigenvalue weighted by molar-refractivity contribution is 7.89. The molecule has 0 aliphatic rings. The number of halogens is 1. The summed E-state index contributed by atoms with van der Waals surface area (Å²) in [5, 5.41) is 0.336. The number of ether oxygens (including phenoxy) is 1. The molecule has 156 valence electrons. The quantitative estimate of drug-likeness (QED) is 0.571. The average molecular weight is 440 g/mol. The minimum absolute atomic E-state index is 0.127. The smallest absolute Gasteiger partial charge is 0.273 e. The lowest BCUT2D eigenvalue weighted by atomic mass is 10.1. The summed E-state index contributed by atoms with van der Waals surface area (Å²) < 4.78 is 32.0. The number of methoxy groups -OCH3 is 1. The van der Waals surface area contributed by atoms with Crippen LogP contribution in [0.3, 0.4) is 0 Å². The van der Waals surface area contributed by atoms with Crippen molar-refractivity contribution in [3.8, 4) is 5.75 Å². The topological polar surface area (TPSA) is 114 Å². The van der Waals surface area contributed by atoms with E-state index in [1.807, 2.05) is 13.8 Å². The molecule has 2 rings (SSSR count). The Hall–Kier alpha value is -2.62. The number of carbonyl (C=O) groups is 2. The van der Waals surface area contributed by atoms with Gasteiger partial charge in [0.2, 0.25) is 15.9 Å². The molecule has 10 heteroatoms. The normalized spacial score (nSPS) is 11.0. The Labute approximate surface area is 174 Å². The van der Waals surface area contributed by atoms with Gasteiger partial charge in [-0.25, -0.2) is 13.1 Å². The second-order valence-corrected chi connectivity index (χ2v) is 8.44. The third-order valence-electron chi connectivity index (χ3n) is 4.15. The van der Waals surface area contributed by atoms with Crippen molar-refractivity contribution in [2.45, 2.75) is 25.2 Å². The van der Waals surface area contributed by atoms with E-state index in [0.717, 1.165) is 11.1 Å². The Morgan fingerprint density at radius 3 is 2.41 bits per heavy atom. The number of benzene rings is 2. The van der Waals surface area contributed by atoms with Crippen molar-refractivity contribution in [2.24, 2.45) is 0 Å². The molecule has 2 amide bonds. The maximum Gasteiger partial charge on any atom is 0.273 e. The van der Waals surface area contributed by atoms with Gasteiger partial charge in [-0.15, -0.1) is 0 Å². The van der Waals surface area contributed by atoms with Gasteiger partial charge in [0.05, 0.1) is 17.6 Å². The van der Waals surface area contributed by atoms with Crippen LogP contribution >= 0.6 is 11.6 Å². The summed E-state index contributed by atoms with van der Waals surface area (Å²) in [6.45, 7) is 3.58. The van der Waals surface area contributed by atoms with Crippen molar-refractivity contribution < 1.29 is 22.7 Å². The summed E-state index contributed by atoms with van der Waals surface area (Å²) in [5.74, 6) is -0.891. The van der Waals surface area contributed by atoms with E-state index in [-0.39, 0.29) is 23.4 Å². The predicted octanol–water partition coefficient (Wildman–Crippen LogP) is 2.10. The lowest BCUT2D eigenvalue weighted by Crippen LogP contribution is -2.42. The first-order chi connectivity index (χ1) is 13.6. The highest BCUT2D eigenvalue weighted by atomic mass is 35.5. The molecule has 29 heavy (non-hydrogen) atoms. The second-order valence-electron chi connectivity index (χ2n) is 6.24. The Kier molecular flexibility index (Phi) is 7.60. The number of nitrogens with one attached hydrogen (secondary N) is 3. The number of rotatable bonds is 7. The number of aryl methyl sites for hydroxylation is 2. The van der Waals surface area contributed by atoms with Crippen LogP contribution in [0.1, 0.15) is 27.9 Å². The largest absolute Gasteiger partial charge is 0.496 e. The molecular formula is C19H22ClN3O5S. The first-order valence-corrected chi connectivity index (χ1v) is 10.5. The van der Waals surface area contributed by atoms with Gasteiger partial charge in [-0.3, -0.25) is 20.4 Å². The number of sulfonamides is 1. The summed E-state index contributed by atoms with van der Waals surface area (Å²) in [6.07, 6.45) is -0.170. The maximum absolute atomic E-state index is 12.3. The Balaban J connectivity index is 1.86. The minimum atomic E-state index is -3.73. The van der Waals surface area contributed by atoms with E-state index < -0.39 is 21.8 Å². The summed E-state index contributed by atoms with van der Waals surface area (Å²) in [5.41, 5.74) is 6.44. The van der Waals surface area contributed by atoms with Gasteiger partial charge in [0.25, 0.3) is 5.91 Å². The molecule has 0 saturated carbocycles. The molecule has 0 aliphatic carbocycles. The molecule has 0 atom stereocenters. The Morgan fingerprint density at radius 1 is 1.03 bits per heavy atom. The van der Waals surface area contributed by atoms with Crippen molar-refractivity contribution >= 4 is 33.4 Å². The molecule has 0 unspecified atom stereocenters. The lowest BCUT2D eigenvalue weighted by molar-refractivity contribution is -0.121. The molecule has 3 N–H and O–H groups in total. The molecule has 8 nitrogen and oxygen atoms in total. The van der Waals surface area contributed by atoms with Gasteiger partial charge in [0.15, 0.2) is 0 Å². The zero-order valence-electron chi connectivity index (χ0n) is 16.2. The van der Waals surface area contributed by atoms with Gasteiger partial charge >= 0.3 is 0 Å². The minimum Gasteiger partial charge on any atom is -0.496 e. The zero-order valence-corrected chi connectivity index (χ0v) is 17.8. The first kappa shape index (κ1) is 22.7. The van der Waals surface area contributed by atoms with Gasteiger partial charge in [-0.1, -0.05) is 17.7 Å². The number of amides is 2. The molecule has 0 saturated heterocycles.